The lowest BCUT2D eigenvalue weighted by molar-refractivity contribution is 0.0884. The normalized spacial score (nSPS) is 24.2. The third-order valence-corrected chi connectivity index (χ3v) is 4.18. The SMILES string of the molecule is CC(C)(C)c1ccc(C(=O)C2CCC(N)CC2)cc1. The van der Waals surface area contributed by atoms with Crippen LogP contribution < -0.4 is 5.73 Å². The molecule has 0 unspecified atom stereocenters. The number of carbonyl (C=O) groups excluding carboxylic acids is 1. The highest BCUT2D eigenvalue weighted by atomic mass is 16.1. The Bertz CT molecular complexity index is 433. The molecule has 1 aromatic carbocycles. The highest BCUT2D eigenvalue weighted by molar-refractivity contribution is 5.97. The topological polar surface area (TPSA) is 43.1 Å². The minimum atomic E-state index is 0.138. The van der Waals surface area contributed by atoms with Gasteiger partial charge in [-0.3, -0.25) is 4.79 Å². The van der Waals surface area contributed by atoms with E-state index in [1.807, 2.05) is 12.1 Å². The summed E-state index contributed by atoms with van der Waals surface area (Å²) in [6.07, 6.45) is 3.86. The van der Waals surface area contributed by atoms with Crippen LogP contribution in [0, 0.1) is 5.92 Å². The quantitative estimate of drug-likeness (QED) is 0.823. The first-order valence-corrected chi connectivity index (χ1v) is 7.28. The van der Waals surface area contributed by atoms with Crippen LogP contribution in [-0.2, 0) is 5.41 Å². The first-order chi connectivity index (χ1) is 8.88. The van der Waals surface area contributed by atoms with Crippen molar-refractivity contribution >= 4 is 5.78 Å². The van der Waals surface area contributed by atoms with Crippen molar-refractivity contribution in [3.05, 3.63) is 35.4 Å². The fourth-order valence-electron chi connectivity index (χ4n) is 2.75. The number of hydrogen-bond donors (Lipinski definition) is 1. The smallest absolute Gasteiger partial charge is 0.165 e. The molecule has 0 heterocycles. The second kappa shape index (κ2) is 5.46. The lowest BCUT2D eigenvalue weighted by Gasteiger charge is -2.25. The zero-order valence-electron chi connectivity index (χ0n) is 12.3. The molecule has 1 saturated carbocycles. The largest absolute Gasteiger partial charge is 0.328 e. The fourth-order valence-corrected chi connectivity index (χ4v) is 2.75. The molecule has 1 fully saturated rings. The van der Waals surface area contributed by atoms with Crippen molar-refractivity contribution in [2.24, 2.45) is 11.7 Å². The molecule has 0 radical (unpaired) electrons. The minimum Gasteiger partial charge on any atom is -0.328 e. The van der Waals surface area contributed by atoms with Gasteiger partial charge in [0.2, 0.25) is 0 Å². The molecular formula is C17H25NO. The van der Waals surface area contributed by atoms with Crippen molar-refractivity contribution in [1.82, 2.24) is 0 Å². The second-order valence-corrected chi connectivity index (χ2v) is 6.80. The zero-order chi connectivity index (χ0) is 14.0. The van der Waals surface area contributed by atoms with E-state index in [0.29, 0.717) is 11.8 Å². The Morgan fingerprint density at radius 3 is 2.05 bits per heavy atom. The molecule has 2 heteroatoms. The number of rotatable bonds is 2. The Morgan fingerprint density at radius 2 is 1.58 bits per heavy atom. The van der Waals surface area contributed by atoms with Gasteiger partial charge in [-0.2, -0.15) is 0 Å². The number of hydrogen-bond acceptors (Lipinski definition) is 2. The first-order valence-electron chi connectivity index (χ1n) is 7.28. The van der Waals surface area contributed by atoms with Crippen LogP contribution in [0.15, 0.2) is 24.3 Å². The summed E-state index contributed by atoms with van der Waals surface area (Å²) in [4.78, 5) is 12.4. The average molecular weight is 259 g/mol. The Morgan fingerprint density at radius 1 is 1.05 bits per heavy atom. The standard InChI is InChI=1S/C17H25NO/c1-17(2,3)14-8-4-12(5-9-14)16(19)13-6-10-15(18)11-7-13/h4-5,8-9,13,15H,6-7,10-11,18H2,1-3H3. The zero-order valence-corrected chi connectivity index (χ0v) is 12.3. The summed E-state index contributed by atoms with van der Waals surface area (Å²) in [5.74, 6) is 0.479. The van der Waals surface area contributed by atoms with Gasteiger partial charge in [0.25, 0.3) is 0 Å². The molecule has 1 aliphatic rings. The summed E-state index contributed by atoms with van der Waals surface area (Å²) in [6.45, 7) is 6.56. The van der Waals surface area contributed by atoms with Gasteiger partial charge in [-0.05, 0) is 36.7 Å². The highest BCUT2D eigenvalue weighted by Crippen LogP contribution is 2.28. The Labute approximate surface area is 116 Å². The van der Waals surface area contributed by atoms with Gasteiger partial charge in [0.15, 0.2) is 5.78 Å². The summed E-state index contributed by atoms with van der Waals surface area (Å²) >= 11 is 0. The molecule has 0 amide bonds. The van der Waals surface area contributed by atoms with E-state index in [9.17, 15) is 4.79 Å². The molecule has 1 aromatic rings. The predicted molar refractivity (Wildman–Crippen MR) is 79.4 cm³/mol. The van der Waals surface area contributed by atoms with Gasteiger partial charge >= 0.3 is 0 Å². The maximum Gasteiger partial charge on any atom is 0.165 e. The third kappa shape index (κ3) is 3.44. The number of nitrogens with two attached hydrogens (primary N) is 1. The van der Waals surface area contributed by atoms with E-state index in [4.69, 9.17) is 5.73 Å². The van der Waals surface area contributed by atoms with E-state index in [1.54, 1.807) is 0 Å². The van der Waals surface area contributed by atoms with Crippen LogP contribution in [0.1, 0.15) is 62.4 Å². The molecule has 0 aromatic heterocycles. The molecule has 19 heavy (non-hydrogen) atoms. The van der Waals surface area contributed by atoms with Crippen LogP contribution in [0.25, 0.3) is 0 Å². The second-order valence-electron chi connectivity index (χ2n) is 6.80. The van der Waals surface area contributed by atoms with E-state index in [2.05, 4.69) is 32.9 Å². The van der Waals surface area contributed by atoms with E-state index >= 15 is 0 Å². The summed E-state index contributed by atoms with van der Waals surface area (Å²) in [5, 5.41) is 0. The van der Waals surface area contributed by atoms with Crippen LogP contribution >= 0.6 is 0 Å². The first kappa shape index (κ1) is 14.3. The van der Waals surface area contributed by atoms with Crippen molar-refractivity contribution < 1.29 is 4.79 Å². The fraction of sp³-hybridized carbons (Fsp3) is 0.588. The molecule has 0 bridgehead atoms. The maximum atomic E-state index is 12.4. The van der Waals surface area contributed by atoms with Gasteiger partial charge in [0.1, 0.15) is 0 Å². The van der Waals surface area contributed by atoms with E-state index < -0.39 is 0 Å². The lowest BCUT2D eigenvalue weighted by Crippen LogP contribution is -2.29. The number of carbonyl (C=O) groups is 1. The molecule has 2 nitrogen and oxygen atoms in total. The highest BCUT2D eigenvalue weighted by Gasteiger charge is 2.25. The molecule has 0 atom stereocenters. The van der Waals surface area contributed by atoms with Gasteiger partial charge in [-0.25, -0.2) is 0 Å². The van der Waals surface area contributed by atoms with Gasteiger partial charge in [-0.1, -0.05) is 45.0 Å². The summed E-state index contributed by atoms with van der Waals surface area (Å²) in [6, 6.07) is 8.44. The van der Waals surface area contributed by atoms with E-state index in [-0.39, 0.29) is 11.3 Å². The lowest BCUT2D eigenvalue weighted by atomic mass is 9.81. The number of ketones is 1. The van der Waals surface area contributed by atoms with E-state index in [1.165, 1.54) is 5.56 Å². The molecular weight excluding hydrogens is 234 g/mol. The van der Waals surface area contributed by atoms with Crippen molar-refractivity contribution in [3.8, 4) is 0 Å². The van der Waals surface area contributed by atoms with Gasteiger partial charge in [-0.15, -0.1) is 0 Å². The Kier molecular flexibility index (Phi) is 4.10. The van der Waals surface area contributed by atoms with Crippen molar-refractivity contribution in [2.45, 2.75) is 57.9 Å². The average Bonchev–Trinajstić information content (AvgIpc) is 2.38. The molecule has 0 spiro atoms. The molecule has 2 N–H and O–H groups in total. The molecule has 0 aliphatic heterocycles. The van der Waals surface area contributed by atoms with Crippen LogP contribution in [0.4, 0.5) is 0 Å². The van der Waals surface area contributed by atoms with Gasteiger partial charge in [0, 0.05) is 17.5 Å². The van der Waals surface area contributed by atoms with Crippen molar-refractivity contribution in [1.29, 1.82) is 0 Å². The number of Topliss-reactive ketones (excluding diaryl/α,β-unsaturated/α-hetero) is 1. The molecule has 0 saturated heterocycles. The van der Waals surface area contributed by atoms with Gasteiger partial charge in [0.05, 0.1) is 0 Å². The Hall–Kier alpha value is -1.15. The van der Waals surface area contributed by atoms with Crippen LogP contribution in [0.5, 0.6) is 0 Å². The predicted octanol–water partition coefficient (Wildman–Crippen LogP) is 3.68. The van der Waals surface area contributed by atoms with Crippen molar-refractivity contribution in [2.75, 3.05) is 0 Å². The maximum absolute atomic E-state index is 12.4. The van der Waals surface area contributed by atoms with Crippen molar-refractivity contribution in [3.63, 3.8) is 0 Å². The summed E-state index contributed by atoms with van der Waals surface area (Å²) < 4.78 is 0. The molecule has 2 rings (SSSR count). The van der Waals surface area contributed by atoms with Crippen LogP contribution in [0.2, 0.25) is 0 Å². The van der Waals surface area contributed by atoms with Gasteiger partial charge < -0.3 is 5.73 Å². The number of benzene rings is 1. The summed E-state index contributed by atoms with van der Waals surface area (Å²) in [5.41, 5.74) is 8.16. The van der Waals surface area contributed by atoms with Crippen LogP contribution in [-0.4, -0.2) is 11.8 Å². The summed E-state index contributed by atoms with van der Waals surface area (Å²) in [7, 11) is 0. The minimum absolute atomic E-state index is 0.138. The van der Waals surface area contributed by atoms with Crippen LogP contribution in [0.3, 0.4) is 0 Å². The Balaban J connectivity index is 2.08. The molecule has 1 aliphatic carbocycles. The van der Waals surface area contributed by atoms with E-state index in [0.717, 1.165) is 31.2 Å². The molecule has 104 valence electrons. The monoisotopic (exact) mass is 259 g/mol. The third-order valence-electron chi connectivity index (χ3n) is 4.18.